The zero-order valence-corrected chi connectivity index (χ0v) is 19.4. The maximum Gasteiger partial charge on any atom is 0.407 e. The quantitative estimate of drug-likeness (QED) is 0.503. The number of aliphatic hydroxyl groups is 1. The van der Waals surface area contributed by atoms with Crippen molar-refractivity contribution in [3.05, 3.63) is 59.4 Å². The van der Waals surface area contributed by atoms with E-state index in [1.165, 1.54) is 24.1 Å². The highest BCUT2D eigenvalue weighted by atomic mass is 19.1. The van der Waals surface area contributed by atoms with Crippen molar-refractivity contribution >= 4 is 12.2 Å². The minimum absolute atomic E-state index is 0.0682. The van der Waals surface area contributed by atoms with E-state index >= 15 is 4.39 Å². The molecule has 0 unspecified atom stereocenters. The summed E-state index contributed by atoms with van der Waals surface area (Å²) in [6.07, 6.45) is -1.45. The molecule has 2 atom stereocenters. The maximum atomic E-state index is 15.3. The zero-order valence-electron chi connectivity index (χ0n) is 19.4. The van der Waals surface area contributed by atoms with E-state index in [0.717, 1.165) is 12.0 Å². The molecule has 184 valence electrons. The molecule has 0 bridgehead atoms. The number of nitrogens with zero attached hydrogens (tertiary/aromatic N) is 1. The van der Waals surface area contributed by atoms with Gasteiger partial charge in [-0.3, -0.25) is 0 Å². The summed E-state index contributed by atoms with van der Waals surface area (Å²) in [5.74, 6) is -0.497. The number of hydrogen-bond donors (Lipinski definition) is 3. The van der Waals surface area contributed by atoms with Crippen molar-refractivity contribution < 1.29 is 33.7 Å². The molecule has 8 nitrogen and oxygen atoms in total. The van der Waals surface area contributed by atoms with E-state index in [1.54, 1.807) is 12.1 Å². The molecule has 0 radical (unpaired) electrons. The number of halogens is 1. The highest BCUT2D eigenvalue weighted by Crippen LogP contribution is 2.41. The van der Waals surface area contributed by atoms with Crippen molar-refractivity contribution in [1.82, 2.24) is 10.2 Å². The minimum atomic E-state index is -1.72. The Labute approximate surface area is 198 Å². The van der Waals surface area contributed by atoms with Crippen LogP contribution in [-0.2, 0) is 21.5 Å². The van der Waals surface area contributed by atoms with E-state index in [2.05, 4.69) is 10.1 Å². The molecule has 3 rings (SSSR count). The Morgan fingerprint density at radius 3 is 2.76 bits per heavy atom. The average Bonchev–Trinajstić information content (AvgIpc) is 2.86. The summed E-state index contributed by atoms with van der Waals surface area (Å²) in [6.45, 7) is 2.43. The van der Waals surface area contributed by atoms with Gasteiger partial charge >= 0.3 is 12.2 Å². The number of ether oxygens (including phenoxy) is 2. The largest absolute Gasteiger partial charge is 0.465 e. The van der Waals surface area contributed by atoms with Gasteiger partial charge < -0.3 is 29.9 Å². The Morgan fingerprint density at radius 1 is 1.29 bits per heavy atom. The molecule has 2 amide bonds. The predicted octanol–water partition coefficient (Wildman–Crippen LogP) is 3.76. The van der Waals surface area contributed by atoms with Crippen LogP contribution in [0.1, 0.15) is 30.9 Å². The molecule has 1 saturated heterocycles. The van der Waals surface area contributed by atoms with E-state index in [0.29, 0.717) is 17.5 Å². The predicted molar refractivity (Wildman–Crippen MR) is 124 cm³/mol. The van der Waals surface area contributed by atoms with Gasteiger partial charge in [0.05, 0.1) is 20.3 Å². The number of carboxylic acid groups (broad SMARTS) is 1. The van der Waals surface area contributed by atoms with Crippen molar-refractivity contribution in [1.29, 1.82) is 0 Å². The lowest BCUT2D eigenvalue weighted by molar-refractivity contribution is -0.147. The maximum absolute atomic E-state index is 15.3. The van der Waals surface area contributed by atoms with Crippen molar-refractivity contribution in [2.24, 2.45) is 0 Å². The summed E-state index contributed by atoms with van der Waals surface area (Å²) in [6, 6.07) is 12.0. The van der Waals surface area contributed by atoms with E-state index in [-0.39, 0.29) is 38.2 Å². The zero-order chi connectivity index (χ0) is 24.7. The van der Waals surface area contributed by atoms with Gasteiger partial charge in [-0.15, -0.1) is 0 Å². The van der Waals surface area contributed by atoms with Crippen LogP contribution < -0.4 is 5.32 Å². The number of morpholine rings is 1. The van der Waals surface area contributed by atoms with Gasteiger partial charge in [0.15, 0.2) is 0 Å². The third kappa shape index (κ3) is 5.66. The van der Waals surface area contributed by atoms with Gasteiger partial charge in [-0.25, -0.2) is 14.0 Å². The van der Waals surface area contributed by atoms with Crippen molar-refractivity contribution in [3.8, 4) is 11.1 Å². The first-order valence-corrected chi connectivity index (χ1v) is 11.3. The fourth-order valence-corrected chi connectivity index (χ4v) is 4.33. The van der Waals surface area contributed by atoms with Crippen LogP contribution in [0.3, 0.4) is 0 Å². The number of rotatable bonds is 8. The van der Waals surface area contributed by atoms with Crippen LogP contribution >= 0.6 is 0 Å². The SMILES string of the molecule is CCc1cccc(-c2c(F)cccc2[C@](O)(CCCNC(=O)OC)[C@H]2CN(C(=O)O)CCO2)c1. The van der Waals surface area contributed by atoms with Crippen LogP contribution in [0, 0.1) is 5.82 Å². The van der Waals surface area contributed by atoms with E-state index in [9.17, 15) is 19.8 Å². The van der Waals surface area contributed by atoms with Crippen LogP contribution in [0.15, 0.2) is 42.5 Å². The number of aryl methyl sites for hydroxylation is 1. The molecular weight excluding hydrogens is 443 g/mol. The summed E-state index contributed by atoms with van der Waals surface area (Å²) in [4.78, 5) is 24.2. The summed E-state index contributed by atoms with van der Waals surface area (Å²) in [5.41, 5.74) is 0.479. The second-order valence-electron chi connectivity index (χ2n) is 8.25. The monoisotopic (exact) mass is 474 g/mol. The van der Waals surface area contributed by atoms with Crippen molar-refractivity contribution in [2.75, 3.05) is 33.4 Å². The second-order valence-corrected chi connectivity index (χ2v) is 8.25. The molecule has 1 aliphatic rings. The molecule has 1 fully saturated rings. The first-order chi connectivity index (χ1) is 16.3. The molecule has 2 aromatic carbocycles. The molecule has 34 heavy (non-hydrogen) atoms. The molecule has 2 aromatic rings. The topological polar surface area (TPSA) is 108 Å². The van der Waals surface area contributed by atoms with E-state index in [1.807, 2.05) is 25.1 Å². The highest BCUT2D eigenvalue weighted by Gasteiger charge is 2.44. The van der Waals surface area contributed by atoms with Crippen LogP contribution in [0.25, 0.3) is 11.1 Å². The lowest BCUT2D eigenvalue weighted by atomic mass is 9.79. The molecule has 1 aliphatic heterocycles. The molecule has 0 aliphatic carbocycles. The van der Waals surface area contributed by atoms with Gasteiger partial charge in [-0.05, 0) is 42.0 Å². The van der Waals surface area contributed by atoms with Gasteiger partial charge in [-0.1, -0.05) is 43.3 Å². The number of alkyl carbamates (subject to hydrolysis) is 1. The Morgan fingerprint density at radius 2 is 2.06 bits per heavy atom. The van der Waals surface area contributed by atoms with E-state index in [4.69, 9.17) is 4.74 Å². The van der Waals surface area contributed by atoms with Crippen molar-refractivity contribution in [3.63, 3.8) is 0 Å². The normalized spacial score (nSPS) is 17.6. The van der Waals surface area contributed by atoms with Gasteiger partial charge in [0.2, 0.25) is 0 Å². The third-order valence-corrected chi connectivity index (χ3v) is 6.16. The molecule has 3 N–H and O–H groups in total. The Kier molecular flexibility index (Phi) is 8.46. The Balaban J connectivity index is 2.04. The summed E-state index contributed by atoms with van der Waals surface area (Å²) >= 11 is 0. The van der Waals surface area contributed by atoms with Gasteiger partial charge in [-0.2, -0.15) is 0 Å². The molecule has 0 aromatic heterocycles. The number of amides is 2. The van der Waals surface area contributed by atoms with E-state index < -0.39 is 29.7 Å². The molecule has 1 heterocycles. The van der Waals surface area contributed by atoms with Crippen LogP contribution in [0.5, 0.6) is 0 Å². The average molecular weight is 475 g/mol. The second kappa shape index (κ2) is 11.3. The lowest BCUT2D eigenvalue weighted by Gasteiger charge is -2.42. The molecule has 9 heteroatoms. The standard InChI is InChI=1S/C25H31FN2O6/c1-3-17-7-4-8-18(15-17)22-19(9-5-10-20(22)26)25(32,11-6-12-27-23(29)33-2)21-16-28(24(30)31)13-14-34-21/h4-5,7-10,15,21,32H,3,6,11-14,16H2,1-2H3,(H,27,29)(H,30,31)/t21-,25-/m1/s1. The number of nitrogens with one attached hydrogen (secondary N) is 1. The summed E-state index contributed by atoms with van der Waals surface area (Å²) < 4.78 is 25.7. The Hall–Kier alpha value is -3.17. The molecular formula is C25H31FN2O6. The lowest BCUT2D eigenvalue weighted by Crippen LogP contribution is -2.54. The molecule has 0 saturated carbocycles. The summed E-state index contributed by atoms with van der Waals surface area (Å²) in [5, 5.41) is 24.1. The smallest absolute Gasteiger partial charge is 0.407 e. The fraction of sp³-hybridized carbons (Fsp3) is 0.440. The van der Waals surface area contributed by atoms with Crippen molar-refractivity contribution in [2.45, 2.75) is 37.9 Å². The van der Waals surface area contributed by atoms with Gasteiger partial charge in [0, 0.05) is 18.7 Å². The first-order valence-electron chi connectivity index (χ1n) is 11.3. The van der Waals surface area contributed by atoms with Gasteiger partial charge in [0.25, 0.3) is 0 Å². The Bertz CT molecular complexity index is 1020. The van der Waals surface area contributed by atoms with Crippen LogP contribution in [-0.4, -0.2) is 66.8 Å². The number of methoxy groups -OCH3 is 1. The van der Waals surface area contributed by atoms with Crippen LogP contribution in [0.4, 0.5) is 14.0 Å². The fourth-order valence-electron chi connectivity index (χ4n) is 4.33. The summed E-state index contributed by atoms with van der Waals surface area (Å²) in [7, 11) is 1.26. The first kappa shape index (κ1) is 25.5. The van der Waals surface area contributed by atoms with Crippen LogP contribution in [0.2, 0.25) is 0 Å². The highest BCUT2D eigenvalue weighted by molar-refractivity contribution is 5.70. The number of carbonyl (C=O) groups is 2. The number of carbonyl (C=O) groups excluding carboxylic acids is 1. The third-order valence-electron chi connectivity index (χ3n) is 6.16. The minimum Gasteiger partial charge on any atom is -0.465 e. The van der Waals surface area contributed by atoms with Gasteiger partial charge in [0.1, 0.15) is 17.5 Å². The molecule has 0 spiro atoms. The number of benzene rings is 2. The number of hydrogen-bond acceptors (Lipinski definition) is 5.